The first kappa shape index (κ1) is 13.6. The number of hydrogen-bond donors (Lipinski definition) is 0. The van der Waals surface area contributed by atoms with Crippen LogP contribution in [0.3, 0.4) is 0 Å². The summed E-state index contributed by atoms with van der Waals surface area (Å²) in [5, 5.41) is 11.1. The molecule has 0 unspecified atom stereocenters. The van der Waals surface area contributed by atoms with Gasteiger partial charge in [-0.1, -0.05) is 28.1 Å². The van der Waals surface area contributed by atoms with Gasteiger partial charge in [0, 0.05) is 34.2 Å². The molecule has 0 saturated heterocycles. The predicted molar refractivity (Wildman–Crippen MR) is 88.7 cm³/mol. The average Bonchev–Trinajstić information content (AvgIpc) is 2.54. The number of halogens is 1. The Morgan fingerprint density at radius 3 is 2.52 bits per heavy atom. The van der Waals surface area contributed by atoms with Crippen LogP contribution in [0.1, 0.15) is 5.56 Å². The van der Waals surface area contributed by atoms with Crippen molar-refractivity contribution in [3.05, 3.63) is 64.8 Å². The van der Waals surface area contributed by atoms with Crippen molar-refractivity contribution in [3.63, 3.8) is 0 Å². The van der Waals surface area contributed by atoms with Crippen molar-refractivity contribution in [1.29, 1.82) is 5.26 Å². The molecular weight excluding hydrogens is 326 g/mol. The van der Waals surface area contributed by atoms with E-state index in [9.17, 15) is 0 Å². The second kappa shape index (κ2) is 5.55. The first-order valence-electron chi connectivity index (χ1n) is 6.48. The third kappa shape index (κ3) is 2.48. The number of anilines is 2. The summed E-state index contributed by atoms with van der Waals surface area (Å²) in [5.41, 5.74) is 1.65. The summed E-state index contributed by atoms with van der Waals surface area (Å²) in [5.74, 6) is 0.888. The van der Waals surface area contributed by atoms with Crippen molar-refractivity contribution >= 4 is 38.2 Å². The smallest absolute Gasteiger partial charge is 0.140 e. The van der Waals surface area contributed by atoms with Gasteiger partial charge in [-0.2, -0.15) is 5.26 Å². The highest BCUT2D eigenvalue weighted by atomic mass is 79.9. The topological polar surface area (TPSA) is 39.9 Å². The summed E-state index contributed by atoms with van der Waals surface area (Å²) in [7, 11) is 1.98. The van der Waals surface area contributed by atoms with Crippen LogP contribution >= 0.6 is 15.9 Å². The predicted octanol–water partition coefficient (Wildman–Crippen LogP) is 4.64. The van der Waals surface area contributed by atoms with Crippen LogP contribution < -0.4 is 4.90 Å². The first-order valence-corrected chi connectivity index (χ1v) is 7.27. The highest BCUT2D eigenvalue weighted by molar-refractivity contribution is 9.10. The van der Waals surface area contributed by atoms with E-state index < -0.39 is 0 Å². The molecule has 0 atom stereocenters. The number of aromatic nitrogens is 1. The molecule has 0 aliphatic carbocycles. The number of fused-ring (bicyclic) bond motifs is 1. The lowest BCUT2D eigenvalue weighted by Crippen LogP contribution is -2.11. The maximum atomic E-state index is 8.87. The Bertz CT molecular complexity index is 835. The van der Waals surface area contributed by atoms with E-state index in [2.05, 4.69) is 33.0 Å². The Balaban J connectivity index is 2.11. The van der Waals surface area contributed by atoms with Crippen molar-refractivity contribution in [2.75, 3.05) is 11.9 Å². The van der Waals surface area contributed by atoms with Gasteiger partial charge in [-0.15, -0.1) is 0 Å². The molecule has 102 valence electrons. The van der Waals surface area contributed by atoms with Crippen LogP contribution in [0.25, 0.3) is 10.8 Å². The summed E-state index contributed by atoms with van der Waals surface area (Å²) in [4.78, 5) is 6.53. The SMILES string of the molecule is CN(c1ccc(C#N)cc1)c1nccc2c(Br)cccc12. The maximum Gasteiger partial charge on any atom is 0.140 e. The van der Waals surface area contributed by atoms with Crippen molar-refractivity contribution in [1.82, 2.24) is 4.98 Å². The molecule has 0 fully saturated rings. The molecule has 0 saturated carbocycles. The zero-order valence-corrected chi connectivity index (χ0v) is 13.0. The molecule has 3 nitrogen and oxygen atoms in total. The third-order valence-corrected chi connectivity index (χ3v) is 4.12. The minimum Gasteiger partial charge on any atom is -0.329 e. The molecule has 1 aromatic heterocycles. The minimum atomic E-state index is 0.653. The Hall–Kier alpha value is -2.38. The van der Waals surface area contributed by atoms with E-state index in [1.54, 1.807) is 0 Å². The zero-order chi connectivity index (χ0) is 14.8. The summed E-state index contributed by atoms with van der Waals surface area (Å²) in [6.45, 7) is 0. The maximum absolute atomic E-state index is 8.87. The second-order valence-electron chi connectivity index (χ2n) is 4.69. The molecular formula is C17H12BrN3. The van der Waals surface area contributed by atoms with Gasteiger partial charge in [-0.05, 0) is 36.4 Å². The monoisotopic (exact) mass is 337 g/mol. The number of rotatable bonds is 2. The summed E-state index contributed by atoms with van der Waals surface area (Å²) in [6.07, 6.45) is 1.81. The van der Waals surface area contributed by atoms with E-state index in [-0.39, 0.29) is 0 Å². The molecule has 0 spiro atoms. The van der Waals surface area contributed by atoms with E-state index >= 15 is 0 Å². The van der Waals surface area contributed by atoms with Crippen LogP contribution in [-0.4, -0.2) is 12.0 Å². The molecule has 0 radical (unpaired) electrons. The molecule has 4 heteroatoms. The molecule has 0 aliphatic rings. The van der Waals surface area contributed by atoms with Gasteiger partial charge in [-0.3, -0.25) is 0 Å². The molecule has 0 N–H and O–H groups in total. The molecule has 2 aromatic carbocycles. The van der Waals surface area contributed by atoms with Crippen LogP contribution in [0.2, 0.25) is 0 Å². The number of nitriles is 1. The number of hydrogen-bond acceptors (Lipinski definition) is 3. The van der Waals surface area contributed by atoms with Crippen molar-refractivity contribution in [3.8, 4) is 6.07 Å². The van der Waals surface area contributed by atoms with Gasteiger partial charge in [0.05, 0.1) is 11.6 Å². The Morgan fingerprint density at radius 2 is 1.81 bits per heavy atom. The van der Waals surface area contributed by atoms with Crippen molar-refractivity contribution in [2.45, 2.75) is 0 Å². The van der Waals surface area contributed by atoms with E-state index in [4.69, 9.17) is 5.26 Å². The molecule has 0 amide bonds. The quantitative estimate of drug-likeness (QED) is 0.684. The van der Waals surface area contributed by atoms with Crippen LogP contribution in [-0.2, 0) is 0 Å². The van der Waals surface area contributed by atoms with Gasteiger partial charge in [0.15, 0.2) is 0 Å². The van der Waals surface area contributed by atoms with E-state index in [1.807, 2.05) is 60.6 Å². The lowest BCUT2D eigenvalue weighted by atomic mass is 10.1. The van der Waals surface area contributed by atoms with E-state index in [1.165, 1.54) is 0 Å². The zero-order valence-electron chi connectivity index (χ0n) is 11.4. The summed E-state index contributed by atoms with van der Waals surface area (Å²) in [6, 6.07) is 17.7. The first-order chi connectivity index (χ1) is 10.2. The molecule has 3 rings (SSSR count). The number of nitrogens with zero attached hydrogens (tertiary/aromatic N) is 3. The Morgan fingerprint density at radius 1 is 1.05 bits per heavy atom. The van der Waals surface area contributed by atoms with Gasteiger partial charge in [-0.25, -0.2) is 4.98 Å². The highest BCUT2D eigenvalue weighted by Gasteiger charge is 2.10. The van der Waals surface area contributed by atoms with Gasteiger partial charge < -0.3 is 4.90 Å². The van der Waals surface area contributed by atoms with Crippen molar-refractivity contribution in [2.24, 2.45) is 0 Å². The lowest BCUT2D eigenvalue weighted by molar-refractivity contribution is 1.14. The van der Waals surface area contributed by atoms with E-state index in [0.29, 0.717) is 5.56 Å². The molecule has 0 bridgehead atoms. The fourth-order valence-electron chi connectivity index (χ4n) is 2.30. The fraction of sp³-hybridized carbons (Fsp3) is 0.0588. The molecule has 3 aromatic rings. The average molecular weight is 338 g/mol. The normalized spacial score (nSPS) is 10.3. The molecule has 1 heterocycles. The largest absolute Gasteiger partial charge is 0.329 e. The van der Waals surface area contributed by atoms with Gasteiger partial charge in [0.2, 0.25) is 0 Å². The standard InChI is InChI=1S/C17H12BrN3/c1-21(13-7-5-12(11-19)6-8-13)17-15-3-2-4-16(18)14(15)9-10-20-17/h2-10H,1H3. The third-order valence-electron chi connectivity index (χ3n) is 3.43. The van der Waals surface area contributed by atoms with Crippen molar-refractivity contribution < 1.29 is 0 Å². The molecule has 21 heavy (non-hydrogen) atoms. The van der Waals surface area contributed by atoms with Crippen LogP contribution in [0.5, 0.6) is 0 Å². The number of benzene rings is 2. The highest BCUT2D eigenvalue weighted by Crippen LogP contribution is 2.32. The Kier molecular flexibility index (Phi) is 3.59. The fourth-order valence-corrected chi connectivity index (χ4v) is 2.80. The van der Waals surface area contributed by atoms with Gasteiger partial charge >= 0.3 is 0 Å². The van der Waals surface area contributed by atoms with Crippen LogP contribution in [0.4, 0.5) is 11.5 Å². The second-order valence-corrected chi connectivity index (χ2v) is 5.54. The van der Waals surface area contributed by atoms with Crippen LogP contribution in [0.15, 0.2) is 59.2 Å². The van der Waals surface area contributed by atoms with E-state index in [0.717, 1.165) is 26.8 Å². The summed E-state index contributed by atoms with van der Waals surface area (Å²) < 4.78 is 1.05. The lowest BCUT2D eigenvalue weighted by Gasteiger charge is -2.20. The van der Waals surface area contributed by atoms with Gasteiger partial charge in [0.25, 0.3) is 0 Å². The summed E-state index contributed by atoms with van der Waals surface area (Å²) >= 11 is 3.57. The van der Waals surface area contributed by atoms with Gasteiger partial charge in [0.1, 0.15) is 5.82 Å². The number of pyridine rings is 1. The Labute approximate surface area is 131 Å². The van der Waals surface area contributed by atoms with Crippen LogP contribution in [0, 0.1) is 11.3 Å². The minimum absolute atomic E-state index is 0.653. The molecule has 0 aliphatic heterocycles.